The van der Waals surface area contributed by atoms with Gasteiger partial charge in [-0.2, -0.15) is 0 Å². The molecule has 2 aromatic rings. The van der Waals surface area contributed by atoms with Gasteiger partial charge in [-0.15, -0.1) is 11.3 Å². The van der Waals surface area contributed by atoms with Crippen LogP contribution < -0.4 is 5.32 Å². The van der Waals surface area contributed by atoms with E-state index in [4.69, 9.17) is 4.74 Å². The highest BCUT2D eigenvalue weighted by Gasteiger charge is 2.29. The molecule has 1 aliphatic carbocycles. The average Bonchev–Trinajstić information content (AvgIpc) is 2.98. The maximum Gasteiger partial charge on any atom is 0.341 e. The van der Waals surface area contributed by atoms with Crippen molar-refractivity contribution in [2.75, 3.05) is 5.32 Å². The zero-order valence-electron chi connectivity index (χ0n) is 16.7. The van der Waals surface area contributed by atoms with Crippen LogP contribution >= 0.6 is 11.3 Å². The van der Waals surface area contributed by atoms with Crippen molar-refractivity contribution in [3.8, 4) is 0 Å². The zero-order chi connectivity index (χ0) is 21.1. The number of fused-ring (bicyclic) bond motifs is 1. The van der Waals surface area contributed by atoms with Crippen molar-refractivity contribution in [1.82, 2.24) is 0 Å². The molecule has 154 valence electrons. The molecule has 1 aromatic heterocycles. The number of hydrogen-bond acceptors (Lipinski definition) is 6. The van der Waals surface area contributed by atoms with E-state index in [1.165, 1.54) is 23.5 Å². The van der Waals surface area contributed by atoms with Gasteiger partial charge in [-0.3, -0.25) is 14.9 Å². The summed E-state index contributed by atoms with van der Waals surface area (Å²) in [7, 11) is 0. The molecular weight excluding hydrogens is 392 g/mol. The van der Waals surface area contributed by atoms with Crippen LogP contribution in [0.1, 0.15) is 53.6 Å². The van der Waals surface area contributed by atoms with Crippen molar-refractivity contribution in [3.63, 3.8) is 0 Å². The van der Waals surface area contributed by atoms with Crippen molar-refractivity contribution in [2.45, 2.75) is 52.6 Å². The second-order valence-corrected chi connectivity index (χ2v) is 8.76. The molecule has 3 rings (SSSR count). The van der Waals surface area contributed by atoms with Crippen molar-refractivity contribution in [1.29, 1.82) is 0 Å². The van der Waals surface area contributed by atoms with Crippen molar-refractivity contribution < 1.29 is 19.2 Å². The van der Waals surface area contributed by atoms with E-state index < -0.39 is 10.9 Å². The highest BCUT2D eigenvalue weighted by atomic mass is 32.1. The summed E-state index contributed by atoms with van der Waals surface area (Å²) in [6.07, 6.45) is 2.51. The number of hydrogen-bond donors (Lipinski definition) is 1. The molecule has 0 saturated carbocycles. The first kappa shape index (κ1) is 21.0. The van der Waals surface area contributed by atoms with Gasteiger partial charge >= 0.3 is 5.97 Å². The van der Waals surface area contributed by atoms with E-state index in [-0.39, 0.29) is 24.1 Å². The van der Waals surface area contributed by atoms with Gasteiger partial charge in [0, 0.05) is 17.0 Å². The Hall–Kier alpha value is -2.74. The summed E-state index contributed by atoms with van der Waals surface area (Å²) in [6.45, 7) is 5.78. The number of nitro benzene ring substituents is 1. The molecule has 0 unspecified atom stereocenters. The minimum atomic E-state index is -0.479. The van der Waals surface area contributed by atoms with Crippen LogP contribution in [0.15, 0.2) is 24.3 Å². The summed E-state index contributed by atoms with van der Waals surface area (Å²) < 4.78 is 5.42. The Labute approximate surface area is 173 Å². The van der Waals surface area contributed by atoms with Gasteiger partial charge in [0.05, 0.1) is 23.0 Å². The first-order chi connectivity index (χ1) is 13.7. The Kier molecular flexibility index (Phi) is 6.32. The highest BCUT2D eigenvalue weighted by Crippen LogP contribution is 2.40. The van der Waals surface area contributed by atoms with Gasteiger partial charge in [0.1, 0.15) is 5.00 Å². The van der Waals surface area contributed by atoms with E-state index in [1.54, 1.807) is 26.0 Å². The van der Waals surface area contributed by atoms with E-state index >= 15 is 0 Å². The molecule has 0 aliphatic heterocycles. The first-order valence-electron chi connectivity index (χ1n) is 9.63. The Morgan fingerprint density at radius 1 is 1.31 bits per heavy atom. The quantitative estimate of drug-likeness (QED) is 0.424. The minimum absolute atomic E-state index is 0.0204. The lowest BCUT2D eigenvalue weighted by atomic mass is 9.88. The highest BCUT2D eigenvalue weighted by molar-refractivity contribution is 7.17. The maximum absolute atomic E-state index is 12.7. The lowest BCUT2D eigenvalue weighted by Gasteiger charge is -2.18. The van der Waals surface area contributed by atoms with Crippen LogP contribution in [0.25, 0.3) is 0 Å². The molecule has 1 aliphatic rings. The summed E-state index contributed by atoms with van der Waals surface area (Å²) in [5.41, 5.74) is 2.11. The van der Waals surface area contributed by atoms with E-state index in [0.717, 1.165) is 29.7 Å². The van der Waals surface area contributed by atoms with Crippen LogP contribution in [0.4, 0.5) is 10.7 Å². The number of carbonyl (C=O) groups excluding carboxylic acids is 2. The number of nitrogens with zero attached hydrogens (tertiary/aromatic N) is 1. The van der Waals surface area contributed by atoms with Crippen LogP contribution in [0, 0.1) is 16.0 Å². The zero-order valence-corrected chi connectivity index (χ0v) is 17.5. The molecule has 7 nitrogen and oxygen atoms in total. The largest absolute Gasteiger partial charge is 0.459 e. The van der Waals surface area contributed by atoms with Crippen LogP contribution in [0.2, 0.25) is 0 Å². The Bertz CT molecular complexity index is 933. The number of thiophene rings is 1. The van der Waals surface area contributed by atoms with Gasteiger partial charge < -0.3 is 10.1 Å². The summed E-state index contributed by atoms with van der Waals surface area (Å²) in [5, 5.41) is 14.2. The molecule has 0 radical (unpaired) electrons. The fourth-order valence-electron chi connectivity index (χ4n) is 3.42. The molecule has 1 N–H and O–H groups in total. The molecule has 0 fully saturated rings. The Morgan fingerprint density at radius 3 is 2.62 bits per heavy atom. The first-order valence-corrected chi connectivity index (χ1v) is 10.4. The fraction of sp³-hybridized carbons (Fsp3) is 0.429. The number of carbonyl (C=O) groups is 2. The maximum atomic E-state index is 12.7. The molecular formula is C21H24N2O5S. The fourth-order valence-corrected chi connectivity index (χ4v) is 4.83. The number of esters is 1. The van der Waals surface area contributed by atoms with Crippen molar-refractivity contribution in [2.24, 2.45) is 5.92 Å². The number of ether oxygens (including phenoxy) is 1. The predicted octanol–water partition coefficient (Wildman–Crippen LogP) is 4.53. The molecule has 1 heterocycles. The number of non-ortho nitro benzene ring substituents is 1. The second kappa shape index (κ2) is 8.73. The molecule has 1 amide bonds. The summed E-state index contributed by atoms with van der Waals surface area (Å²) in [6, 6.07) is 5.87. The van der Waals surface area contributed by atoms with Gasteiger partial charge in [-0.05, 0) is 50.2 Å². The normalized spacial score (nSPS) is 15.7. The average molecular weight is 416 g/mol. The van der Waals surface area contributed by atoms with E-state index in [2.05, 4.69) is 12.2 Å². The molecule has 29 heavy (non-hydrogen) atoms. The third-order valence-electron chi connectivity index (χ3n) is 4.82. The summed E-state index contributed by atoms with van der Waals surface area (Å²) >= 11 is 1.44. The second-order valence-electron chi connectivity index (χ2n) is 7.66. The van der Waals surface area contributed by atoms with Crippen LogP contribution in [-0.2, 0) is 28.8 Å². The SMILES string of the molecule is CC(C)OC(=O)c1c(NC(=O)Cc2ccc([N+](=O)[O-])cc2)sc2c1CC[C@H](C)C2. The molecule has 1 atom stereocenters. The third-order valence-corrected chi connectivity index (χ3v) is 5.99. The lowest BCUT2D eigenvalue weighted by molar-refractivity contribution is -0.384. The van der Waals surface area contributed by atoms with Gasteiger partial charge in [-0.1, -0.05) is 19.1 Å². The van der Waals surface area contributed by atoms with Crippen molar-refractivity contribution >= 4 is 33.9 Å². The van der Waals surface area contributed by atoms with Crippen LogP contribution in [-0.4, -0.2) is 22.9 Å². The third kappa shape index (κ3) is 5.00. The number of nitrogens with one attached hydrogen (secondary N) is 1. The molecule has 8 heteroatoms. The number of amides is 1. The minimum Gasteiger partial charge on any atom is -0.459 e. The van der Waals surface area contributed by atoms with Gasteiger partial charge in [-0.25, -0.2) is 4.79 Å². The van der Waals surface area contributed by atoms with Gasteiger partial charge in [0.15, 0.2) is 0 Å². The molecule has 0 saturated heterocycles. The van der Waals surface area contributed by atoms with Crippen LogP contribution in [0.5, 0.6) is 0 Å². The number of benzene rings is 1. The standard InChI is InChI=1S/C21H24N2O5S/c1-12(2)28-21(25)19-16-9-4-13(3)10-17(16)29-20(19)22-18(24)11-14-5-7-15(8-6-14)23(26)27/h5-8,12-13H,4,9-11H2,1-3H3,(H,22,24)/t13-/m0/s1. The molecule has 0 bridgehead atoms. The summed E-state index contributed by atoms with van der Waals surface area (Å²) in [5.74, 6) is -0.138. The monoisotopic (exact) mass is 416 g/mol. The number of rotatable bonds is 6. The van der Waals surface area contributed by atoms with Crippen LogP contribution in [0.3, 0.4) is 0 Å². The topological polar surface area (TPSA) is 98.5 Å². The van der Waals surface area contributed by atoms with Gasteiger partial charge in [0.2, 0.25) is 5.91 Å². The Morgan fingerprint density at radius 2 is 2.00 bits per heavy atom. The van der Waals surface area contributed by atoms with Gasteiger partial charge in [0.25, 0.3) is 5.69 Å². The summed E-state index contributed by atoms with van der Waals surface area (Å²) in [4.78, 5) is 36.7. The smallest absolute Gasteiger partial charge is 0.341 e. The van der Waals surface area contributed by atoms with E-state index in [1.807, 2.05) is 0 Å². The predicted molar refractivity (Wildman–Crippen MR) is 111 cm³/mol. The number of anilines is 1. The number of nitro groups is 1. The lowest BCUT2D eigenvalue weighted by Crippen LogP contribution is -2.19. The van der Waals surface area contributed by atoms with E-state index in [9.17, 15) is 19.7 Å². The molecule has 0 spiro atoms. The van der Waals surface area contributed by atoms with Crippen molar-refractivity contribution in [3.05, 3.63) is 55.9 Å². The van der Waals surface area contributed by atoms with E-state index in [0.29, 0.717) is 22.0 Å². The molecule has 1 aromatic carbocycles. The Balaban J connectivity index is 1.81.